The van der Waals surface area contributed by atoms with Gasteiger partial charge in [0.2, 0.25) is 0 Å². The fourth-order valence-corrected chi connectivity index (χ4v) is 2.64. The van der Waals surface area contributed by atoms with Crippen molar-refractivity contribution < 1.29 is 10.2 Å². The average Bonchev–Trinajstić information content (AvgIpc) is 2.80. The van der Waals surface area contributed by atoms with Crippen molar-refractivity contribution in [3.05, 3.63) is 24.0 Å². The first kappa shape index (κ1) is 14.8. The first-order valence-corrected chi connectivity index (χ1v) is 7.11. The van der Waals surface area contributed by atoms with Gasteiger partial charge in [0.1, 0.15) is 5.82 Å². The molecule has 1 heterocycles. The molecular weight excluding hydrogens is 254 g/mol. The molecule has 0 radical (unpaired) electrons. The maximum Gasteiger partial charge on any atom is 0.110 e. The van der Waals surface area contributed by atoms with Crippen molar-refractivity contribution in [2.45, 2.75) is 38.6 Å². The highest BCUT2D eigenvalue weighted by atomic mass is 16.3. The Hall–Kier alpha value is -1.59. The quantitative estimate of drug-likeness (QED) is 0.701. The van der Waals surface area contributed by atoms with E-state index in [4.69, 9.17) is 5.73 Å². The summed E-state index contributed by atoms with van der Waals surface area (Å²) in [4.78, 5) is 4.63. The number of rotatable bonds is 6. The van der Waals surface area contributed by atoms with E-state index in [-0.39, 0.29) is 13.2 Å². The third kappa shape index (κ3) is 2.27. The van der Waals surface area contributed by atoms with E-state index in [0.717, 1.165) is 29.7 Å². The number of hydrogen-bond acceptors (Lipinski definition) is 4. The number of imidazole rings is 1. The lowest BCUT2D eigenvalue weighted by molar-refractivity contribution is 0.0606. The van der Waals surface area contributed by atoms with E-state index < -0.39 is 5.54 Å². The molecule has 4 N–H and O–H groups in total. The zero-order valence-corrected chi connectivity index (χ0v) is 12.1. The summed E-state index contributed by atoms with van der Waals surface area (Å²) in [5.74, 6) is 0.887. The molecule has 20 heavy (non-hydrogen) atoms. The van der Waals surface area contributed by atoms with Crippen LogP contribution in [0, 0.1) is 0 Å². The minimum absolute atomic E-state index is 0.119. The predicted molar refractivity (Wildman–Crippen MR) is 80.6 cm³/mol. The number of nitrogens with two attached hydrogens (primary N) is 1. The predicted octanol–water partition coefficient (Wildman–Crippen LogP) is 1.66. The van der Waals surface area contributed by atoms with Gasteiger partial charge < -0.3 is 20.5 Å². The molecule has 1 aromatic heterocycles. The molecule has 110 valence electrons. The van der Waals surface area contributed by atoms with E-state index in [1.54, 1.807) is 0 Å². The Morgan fingerprint density at radius 1 is 1.25 bits per heavy atom. The summed E-state index contributed by atoms with van der Waals surface area (Å²) in [5.41, 5.74) is 7.49. The minimum Gasteiger partial charge on any atom is -0.399 e. The van der Waals surface area contributed by atoms with E-state index >= 15 is 0 Å². The molecule has 0 aliphatic rings. The maximum absolute atomic E-state index is 9.82. The Bertz CT molecular complexity index is 580. The molecule has 0 bridgehead atoms. The van der Waals surface area contributed by atoms with Crippen LogP contribution >= 0.6 is 0 Å². The molecule has 0 fully saturated rings. The zero-order chi connectivity index (χ0) is 14.8. The minimum atomic E-state index is -0.713. The summed E-state index contributed by atoms with van der Waals surface area (Å²) in [6, 6.07) is 5.57. The lowest BCUT2D eigenvalue weighted by atomic mass is 9.97. The van der Waals surface area contributed by atoms with Gasteiger partial charge >= 0.3 is 0 Å². The summed E-state index contributed by atoms with van der Waals surface area (Å²) in [7, 11) is 0. The van der Waals surface area contributed by atoms with Crippen LogP contribution < -0.4 is 5.73 Å². The van der Waals surface area contributed by atoms with E-state index in [1.165, 1.54) is 0 Å². The monoisotopic (exact) mass is 277 g/mol. The van der Waals surface area contributed by atoms with Gasteiger partial charge in [0.05, 0.1) is 29.8 Å². The van der Waals surface area contributed by atoms with Crippen LogP contribution in [0.25, 0.3) is 11.0 Å². The maximum atomic E-state index is 9.82. The molecule has 0 atom stereocenters. The highest BCUT2D eigenvalue weighted by molar-refractivity contribution is 5.80. The highest BCUT2D eigenvalue weighted by Gasteiger charge is 2.32. The molecule has 0 amide bonds. The molecule has 2 rings (SSSR count). The van der Waals surface area contributed by atoms with Crippen molar-refractivity contribution in [3.8, 4) is 0 Å². The van der Waals surface area contributed by atoms with Crippen molar-refractivity contribution in [2.75, 3.05) is 18.9 Å². The van der Waals surface area contributed by atoms with Crippen molar-refractivity contribution in [1.82, 2.24) is 9.55 Å². The first-order chi connectivity index (χ1) is 9.61. The summed E-state index contributed by atoms with van der Waals surface area (Å²) < 4.78 is 1.99. The van der Waals surface area contributed by atoms with Gasteiger partial charge in [-0.2, -0.15) is 0 Å². The van der Waals surface area contributed by atoms with Gasteiger partial charge in [-0.1, -0.05) is 13.8 Å². The Kier molecular flexibility index (Phi) is 4.30. The van der Waals surface area contributed by atoms with E-state index in [1.807, 2.05) is 29.7 Å². The summed E-state index contributed by atoms with van der Waals surface area (Å²) in [6.07, 6.45) is 2.39. The normalized spacial score (nSPS) is 12.2. The number of aromatic nitrogens is 2. The smallest absolute Gasteiger partial charge is 0.110 e. The topological polar surface area (TPSA) is 84.3 Å². The molecule has 1 aromatic carbocycles. The van der Waals surface area contributed by atoms with Crippen molar-refractivity contribution in [2.24, 2.45) is 0 Å². The standard InChI is InChI=1S/C15H23N3O2/c1-3-5-14-17-12-8-11(16)6-7-13(12)18(14)15(4-2,9-19)10-20/h6-8,19-20H,3-5,9-10,16H2,1-2H3. The van der Waals surface area contributed by atoms with Gasteiger partial charge in [-0.15, -0.1) is 0 Å². The van der Waals surface area contributed by atoms with Crippen molar-refractivity contribution in [1.29, 1.82) is 0 Å². The first-order valence-electron chi connectivity index (χ1n) is 7.11. The number of hydrogen-bond donors (Lipinski definition) is 3. The fourth-order valence-electron chi connectivity index (χ4n) is 2.64. The van der Waals surface area contributed by atoms with Crippen molar-refractivity contribution in [3.63, 3.8) is 0 Å². The number of nitrogens with zero attached hydrogens (tertiary/aromatic N) is 2. The molecule has 0 saturated carbocycles. The molecule has 5 nitrogen and oxygen atoms in total. The molecule has 0 spiro atoms. The van der Waals surface area contributed by atoms with Crippen LogP contribution in [0.2, 0.25) is 0 Å². The van der Waals surface area contributed by atoms with E-state index in [9.17, 15) is 10.2 Å². The fraction of sp³-hybridized carbons (Fsp3) is 0.533. The third-order valence-electron chi connectivity index (χ3n) is 3.94. The highest BCUT2D eigenvalue weighted by Crippen LogP contribution is 2.29. The third-order valence-corrected chi connectivity index (χ3v) is 3.94. The van der Waals surface area contributed by atoms with Crippen LogP contribution in [0.1, 0.15) is 32.5 Å². The molecule has 2 aromatic rings. The van der Waals surface area contributed by atoms with Gasteiger partial charge in [-0.3, -0.25) is 0 Å². The van der Waals surface area contributed by atoms with Crippen LogP contribution in [0.4, 0.5) is 5.69 Å². The largest absolute Gasteiger partial charge is 0.399 e. The van der Waals surface area contributed by atoms with Gasteiger partial charge in [-0.25, -0.2) is 4.98 Å². The van der Waals surface area contributed by atoms with Gasteiger partial charge in [-0.05, 0) is 31.0 Å². The summed E-state index contributed by atoms with van der Waals surface area (Å²) in [6.45, 7) is 3.81. The average molecular weight is 277 g/mol. The van der Waals surface area contributed by atoms with Crippen LogP contribution in [0.3, 0.4) is 0 Å². The lowest BCUT2D eigenvalue weighted by Crippen LogP contribution is -2.41. The number of aliphatic hydroxyl groups is 2. The molecule has 0 aliphatic heterocycles. The molecule has 0 unspecified atom stereocenters. The Labute approximate surface area is 119 Å². The number of aryl methyl sites for hydroxylation is 1. The summed E-state index contributed by atoms with van der Waals surface area (Å²) >= 11 is 0. The SMILES string of the molecule is CCCc1nc2cc(N)ccc2n1C(CC)(CO)CO. The molecule has 0 aliphatic carbocycles. The van der Waals surface area contributed by atoms with Gasteiger partial charge in [0, 0.05) is 12.1 Å². The Morgan fingerprint density at radius 3 is 2.50 bits per heavy atom. The van der Waals surface area contributed by atoms with Crippen molar-refractivity contribution >= 4 is 16.7 Å². The second kappa shape index (κ2) is 5.81. The van der Waals surface area contributed by atoms with Crippen LogP contribution in [-0.4, -0.2) is 33.0 Å². The number of benzene rings is 1. The number of anilines is 1. The number of fused-ring (bicyclic) bond motifs is 1. The second-order valence-electron chi connectivity index (χ2n) is 5.26. The Morgan fingerprint density at radius 2 is 1.95 bits per heavy atom. The molecule has 5 heteroatoms. The van der Waals surface area contributed by atoms with Crippen LogP contribution in [0.15, 0.2) is 18.2 Å². The number of aliphatic hydroxyl groups excluding tert-OH is 2. The van der Waals surface area contributed by atoms with Gasteiger partial charge in [0.15, 0.2) is 0 Å². The molecule has 0 saturated heterocycles. The zero-order valence-electron chi connectivity index (χ0n) is 12.1. The van der Waals surface area contributed by atoms with Gasteiger partial charge in [0.25, 0.3) is 0 Å². The lowest BCUT2D eigenvalue weighted by Gasteiger charge is -2.32. The van der Waals surface area contributed by atoms with E-state index in [2.05, 4.69) is 11.9 Å². The van der Waals surface area contributed by atoms with E-state index in [0.29, 0.717) is 12.1 Å². The second-order valence-corrected chi connectivity index (χ2v) is 5.26. The van der Waals surface area contributed by atoms with Crippen LogP contribution in [-0.2, 0) is 12.0 Å². The number of nitrogen functional groups attached to an aromatic ring is 1. The Balaban J connectivity index is 2.73. The summed E-state index contributed by atoms with van der Waals surface area (Å²) in [5, 5.41) is 19.6. The van der Waals surface area contributed by atoms with Crippen LogP contribution in [0.5, 0.6) is 0 Å². The molecular formula is C15H23N3O2.